The van der Waals surface area contributed by atoms with E-state index in [1.807, 2.05) is 0 Å². The number of carbonyl (C=O) groups excluding carboxylic acids is 1. The smallest absolute Gasteiger partial charge is 0.287 e. The highest BCUT2D eigenvalue weighted by molar-refractivity contribution is 9.11. The molecule has 1 amide bonds. The lowest BCUT2D eigenvalue weighted by Gasteiger charge is -1.99. The molecule has 2 rings (SSSR count). The van der Waals surface area contributed by atoms with Crippen molar-refractivity contribution in [2.45, 2.75) is 0 Å². The van der Waals surface area contributed by atoms with E-state index in [1.165, 1.54) is 0 Å². The molecule has 4 nitrogen and oxygen atoms in total. The first-order valence-electron chi connectivity index (χ1n) is 4.97. The Morgan fingerprint density at radius 3 is 2.94 bits per heavy atom. The molecule has 0 aliphatic rings. The van der Waals surface area contributed by atoms with E-state index < -0.39 is 0 Å². The summed E-state index contributed by atoms with van der Waals surface area (Å²) in [5.41, 5.74) is 6.93. The van der Waals surface area contributed by atoms with Crippen LogP contribution in [0.15, 0.2) is 39.7 Å². The number of rotatable bonds is 3. The summed E-state index contributed by atoms with van der Waals surface area (Å²) in [6.07, 6.45) is 0. The fraction of sp³-hybridized carbons (Fsp3) is 0.0833. The molecule has 2 aromatic rings. The summed E-state index contributed by atoms with van der Waals surface area (Å²) in [6, 6.07) is 6.90. The number of amides is 1. The number of fused-ring (bicyclic) bond motifs is 1. The van der Waals surface area contributed by atoms with Gasteiger partial charge in [0.25, 0.3) is 5.91 Å². The Morgan fingerprint density at radius 2 is 2.24 bits per heavy atom. The Hall–Kier alpha value is -1.75. The maximum absolute atomic E-state index is 11.7. The summed E-state index contributed by atoms with van der Waals surface area (Å²) in [5.74, 6) is -0.0141. The van der Waals surface area contributed by atoms with Gasteiger partial charge in [-0.25, -0.2) is 0 Å². The summed E-state index contributed by atoms with van der Waals surface area (Å²) < 4.78 is 6.10. The fourth-order valence-corrected chi connectivity index (χ4v) is 1.58. The van der Waals surface area contributed by atoms with Gasteiger partial charge in [-0.3, -0.25) is 4.79 Å². The lowest BCUT2D eigenvalue weighted by molar-refractivity contribution is 0.0932. The molecule has 0 aliphatic heterocycles. The minimum absolute atomic E-state index is 0.263. The minimum Gasteiger partial charge on any atom is -0.451 e. The molecule has 0 radical (unpaired) electrons. The number of nitrogen functional groups attached to an aromatic ring is 1. The van der Waals surface area contributed by atoms with E-state index in [1.54, 1.807) is 24.3 Å². The van der Waals surface area contributed by atoms with Crippen molar-refractivity contribution in [3.05, 3.63) is 41.1 Å². The predicted octanol–water partition coefficient (Wildman–Crippen LogP) is 2.65. The standard InChI is InChI=1S/C12H11BrN2O2/c1-7(13)6-15-12(16)11-5-8-4-9(14)2-3-10(8)17-11/h2-5H,1,6,14H2,(H,15,16). The van der Waals surface area contributed by atoms with Gasteiger partial charge in [-0.2, -0.15) is 0 Å². The van der Waals surface area contributed by atoms with Crippen molar-refractivity contribution >= 4 is 38.5 Å². The van der Waals surface area contributed by atoms with Crippen molar-refractivity contribution in [1.82, 2.24) is 5.32 Å². The number of hydrogen-bond donors (Lipinski definition) is 2. The highest BCUT2D eigenvalue weighted by atomic mass is 79.9. The normalized spacial score (nSPS) is 10.4. The largest absolute Gasteiger partial charge is 0.451 e. The van der Waals surface area contributed by atoms with Crippen LogP contribution >= 0.6 is 15.9 Å². The number of carbonyl (C=O) groups is 1. The van der Waals surface area contributed by atoms with E-state index in [-0.39, 0.29) is 11.7 Å². The van der Waals surface area contributed by atoms with Gasteiger partial charge >= 0.3 is 0 Å². The fourth-order valence-electron chi connectivity index (χ4n) is 1.44. The Morgan fingerprint density at radius 1 is 1.47 bits per heavy atom. The lowest BCUT2D eigenvalue weighted by atomic mass is 10.2. The second-order valence-electron chi connectivity index (χ2n) is 3.61. The van der Waals surface area contributed by atoms with E-state index in [0.29, 0.717) is 22.3 Å². The third-order valence-corrected chi connectivity index (χ3v) is 2.49. The van der Waals surface area contributed by atoms with Crippen LogP contribution in [0.4, 0.5) is 5.69 Å². The number of benzene rings is 1. The number of nitrogens with two attached hydrogens (primary N) is 1. The monoisotopic (exact) mass is 294 g/mol. The Balaban J connectivity index is 2.24. The van der Waals surface area contributed by atoms with Gasteiger partial charge in [-0.1, -0.05) is 22.5 Å². The van der Waals surface area contributed by atoms with E-state index in [0.717, 1.165) is 5.39 Å². The van der Waals surface area contributed by atoms with E-state index in [4.69, 9.17) is 10.2 Å². The highest BCUT2D eigenvalue weighted by Crippen LogP contribution is 2.21. The molecule has 0 unspecified atom stereocenters. The molecule has 88 valence electrons. The summed E-state index contributed by atoms with van der Waals surface area (Å²) >= 11 is 3.16. The Bertz CT molecular complexity index is 589. The minimum atomic E-state index is -0.277. The molecule has 5 heteroatoms. The number of nitrogens with one attached hydrogen (secondary N) is 1. The van der Waals surface area contributed by atoms with Crippen molar-refractivity contribution in [2.24, 2.45) is 0 Å². The summed E-state index contributed by atoms with van der Waals surface area (Å²) in [5, 5.41) is 3.48. The van der Waals surface area contributed by atoms with Crippen LogP contribution in [0.25, 0.3) is 11.0 Å². The number of anilines is 1. The average molecular weight is 295 g/mol. The van der Waals surface area contributed by atoms with Gasteiger partial charge in [-0.05, 0) is 24.3 Å². The molecule has 1 heterocycles. The van der Waals surface area contributed by atoms with Gasteiger partial charge in [0.1, 0.15) is 5.58 Å². The SMILES string of the molecule is C=C(Br)CNC(=O)c1cc2cc(N)ccc2o1. The quantitative estimate of drug-likeness (QED) is 0.855. The van der Waals surface area contributed by atoms with Gasteiger partial charge in [0.15, 0.2) is 5.76 Å². The second-order valence-corrected chi connectivity index (χ2v) is 4.73. The van der Waals surface area contributed by atoms with Crippen molar-refractivity contribution in [3.8, 4) is 0 Å². The molecule has 0 fully saturated rings. The molecule has 0 atom stereocenters. The molecule has 3 N–H and O–H groups in total. The number of furan rings is 1. The van der Waals surface area contributed by atoms with Crippen molar-refractivity contribution in [2.75, 3.05) is 12.3 Å². The van der Waals surface area contributed by atoms with Crippen LogP contribution in [0.2, 0.25) is 0 Å². The maximum Gasteiger partial charge on any atom is 0.287 e. The number of halogens is 1. The van der Waals surface area contributed by atoms with E-state index >= 15 is 0 Å². The summed E-state index contributed by atoms with van der Waals surface area (Å²) in [7, 11) is 0. The molecule has 0 bridgehead atoms. The first-order chi connectivity index (χ1) is 8.06. The summed E-state index contributed by atoms with van der Waals surface area (Å²) in [6.45, 7) is 3.99. The third-order valence-electron chi connectivity index (χ3n) is 2.20. The van der Waals surface area contributed by atoms with Crippen LogP contribution in [0.3, 0.4) is 0 Å². The van der Waals surface area contributed by atoms with Crippen molar-refractivity contribution in [3.63, 3.8) is 0 Å². The molecular formula is C12H11BrN2O2. The predicted molar refractivity (Wildman–Crippen MR) is 71.0 cm³/mol. The zero-order valence-electron chi connectivity index (χ0n) is 9.00. The van der Waals surface area contributed by atoms with Gasteiger partial charge in [0.05, 0.1) is 0 Å². The lowest BCUT2D eigenvalue weighted by Crippen LogP contribution is -2.23. The Labute approximate surface area is 107 Å². The molecule has 1 aromatic heterocycles. The molecule has 0 spiro atoms. The van der Waals surface area contributed by atoms with Gasteiger partial charge in [-0.15, -0.1) is 0 Å². The first-order valence-corrected chi connectivity index (χ1v) is 5.76. The average Bonchev–Trinajstić information content (AvgIpc) is 2.68. The molecule has 17 heavy (non-hydrogen) atoms. The van der Waals surface area contributed by atoms with E-state index in [2.05, 4.69) is 27.8 Å². The van der Waals surface area contributed by atoms with Crippen LogP contribution in [0.1, 0.15) is 10.6 Å². The molecule has 0 saturated heterocycles. The zero-order chi connectivity index (χ0) is 12.4. The van der Waals surface area contributed by atoms with Crippen molar-refractivity contribution < 1.29 is 9.21 Å². The van der Waals surface area contributed by atoms with Crippen LogP contribution in [0, 0.1) is 0 Å². The van der Waals surface area contributed by atoms with Crippen LogP contribution in [-0.4, -0.2) is 12.5 Å². The molecule has 1 aromatic carbocycles. The van der Waals surface area contributed by atoms with Gasteiger partial charge < -0.3 is 15.5 Å². The molecular weight excluding hydrogens is 284 g/mol. The third kappa shape index (κ3) is 2.68. The topological polar surface area (TPSA) is 68.3 Å². The van der Waals surface area contributed by atoms with Crippen molar-refractivity contribution in [1.29, 1.82) is 0 Å². The Kier molecular flexibility index (Phi) is 3.19. The highest BCUT2D eigenvalue weighted by Gasteiger charge is 2.11. The first kappa shape index (κ1) is 11.7. The van der Waals surface area contributed by atoms with Crippen LogP contribution in [0.5, 0.6) is 0 Å². The molecule has 0 saturated carbocycles. The number of hydrogen-bond acceptors (Lipinski definition) is 3. The van der Waals surface area contributed by atoms with E-state index in [9.17, 15) is 4.79 Å². The molecule has 0 aliphatic carbocycles. The van der Waals surface area contributed by atoms with Gasteiger partial charge in [0.2, 0.25) is 0 Å². The second kappa shape index (κ2) is 4.63. The summed E-state index contributed by atoms with van der Waals surface area (Å²) in [4.78, 5) is 11.7. The maximum atomic E-state index is 11.7. The van der Waals surface area contributed by atoms with Crippen LogP contribution in [-0.2, 0) is 0 Å². The van der Waals surface area contributed by atoms with Gasteiger partial charge in [0, 0.05) is 22.1 Å². The van der Waals surface area contributed by atoms with Crippen LogP contribution < -0.4 is 11.1 Å². The zero-order valence-corrected chi connectivity index (χ0v) is 10.6.